The molecule has 2 heterocycles. The molecule has 0 spiro atoms. The molecule has 1 amide bonds. The van der Waals surface area contributed by atoms with Crippen molar-refractivity contribution < 1.29 is 4.79 Å². The summed E-state index contributed by atoms with van der Waals surface area (Å²) in [4.78, 5) is 14.2. The lowest BCUT2D eigenvalue weighted by Crippen LogP contribution is -2.32. The van der Waals surface area contributed by atoms with Crippen molar-refractivity contribution in [3.8, 4) is 0 Å². The van der Waals surface area contributed by atoms with Gasteiger partial charge in [0, 0.05) is 24.5 Å². The van der Waals surface area contributed by atoms with Gasteiger partial charge >= 0.3 is 0 Å². The highest BCUT2D eigenvalue weighted by atomic mass is 16.2. The predicted octanol–water partition coefficient (Wildman–Crippen LogP) is 2.29. The van der Waals surface area contributed by atoms with E-state index in [0.717, 1.165) is 24.7 Å². The second-order valence-corrected chi connectivity index (χ2v) is 5.53. The van der Waals surface area contributed by atoms with Gasteiger partial charge in [0.05, 0.1) is 6.20 Å². The fourth-order valence-electron chi connectivity index (χ4n) is 2.53. The summed E-state index contributed by atoms with van der Waals surface area (Å²) in [6.07, 6.45) is 3.88. The number of carbonyl (C=O) groups is 1. The molecule has 21 heavy (non-hydrogen) atoms. The Morgan fingerprint density at radius 1 is 1.29 bits per heavy atom. The average molecular weight is 285 g/mol. The molecule has 2 N–H and O–H groups in total. The van der Waals surface area contributed by atoms with Crippen LogP contribution in [0.15, 0.2) is 30.5 Å². The van der Waals surface area contributed by atoms with E-state index in [1.165, 1.54) is 24.7 Å². The first-order chi connectivity index (χ1) is 10.2. The number of amides is 1. The van der Waals surface area contributed by atoms with Crippen molar-refractivity contribution in [2.75, 3.05) is 23.3 Å². The topological polar surface area (TPSA) is 73.9 Å². The molecule has 0 atom stereocenters. The molecule has 3 rings (SSSR count). The van der Waals surface area contributed by atoms with E-state index in [0.29, 0.717) is 0 Å². The molecule has 2 aromatic rings. The van der Waals surface area contributed by atoms with Crippen LogP contribution in [0.2, 0.25) is 0 Å². The smallest absolute Gasteiger partial charge is 0.277 e. The fraction of sp³-hybridized carbons (Fsp3) is 0.400. The van der Waals surface area contributed by atoms with Gasteiger partial charge in [-0.2, -0.15) is 15.4 Å². The molecule has 0 radical (unpaired) electrons. The number of piperidine rings is 1. The van der Waals surface area contributed by atoms with E-state index >= 15 is 0 Å². The van der Waals surface area contributed by atoms with E-state index in [-0.39, 0.29) is 11.6 Å². The molecule has 110 valence electrons. The Hall–Kier alpha value is -2.37. The molecule has 0 aliphatic carbocycles. The first-order valence-electron chi connectivity index (χ1n) is 7.24. The third kappa shape index (κ3) is 3.21. The Bertz CT molecular complexity index is 585. The zero-order valence-electron chi connectivity index (χ0n) is 12.0. The van der Waals surface area contributed by atoms with Crippen LogP contribution >= 0.6 is 0 Å². The Labute approximate surface area is 123 Å². The number of hydrogen-bond donors (Lipinski definition) is 2. The zero-order chi connectivity index (χ0) is 14.7. The van der Waals surface area contributed by atoms with Gasteiger partial charge in [-0.05, 0) is 43.0 Å². The standard InChI is InChI=1S/C15H19N5O/c1-11-6-8-20(9-7-11)13-4-2-12(3-5-13)17-15(21)14-10-16-19-18-14/h2-5,10-11H,6-9H2,1H3,(H,17,21)(H,16,18,19). The minimum Gasteiger partial charge on any atom is -0.372 e. The van der Waals surface area contributed by atoms with Crippen molar-refractivity contribution in [1.82, 2.24) is 15.4 Å². The van der Waals surface area contributed by atoms with Gasteiger partial charge in [0.2, 0.25) is 0 Å². The molecule has 0 bridgehead atoms. The molecular weight excluding hydrogens is 266 g/mol. The molecule has 1 aliphatic rings. The summed E-state index contributed by atoms with van der Waals surface area (Å²) in [6.45, 7) is 4.51. The van der Waals surface area contributed by atoms with Gasteiger partial charge < -0.3 is 10.2 Å². The Kier molecular flexibility index (Phi) is 3.85. The summed E-state index contributed by atoms with van der Waals surface area (Å²) in [6, 6.07) is 7.94. The maximum atomic E-state index is 11.9. The Morgan fingerprint density at radius 3 is 2.62 bits per heavy atom. The normalized spacial score (nSPS) is 16.0. The van der Waals surface area contributed by atoms with Gasteiger partial charge in [0.1, 0.15) is 0 Å². The molecule has 1 aromatic carbocycles. The van der Waals surface area contributed by atoms with E-state index in [9.17, 15) is 4.79 Å². The van der Waals surface area contributed by atoms with E-state index in [1.54, 1.807) is 0 Å². The maximum Gasteiger partial charge on any atom is 0.277 e. The molecular formula is C15H19N5O. The van der Waals surface area contributed by atoms with Gasteiger partial charge in [0.15, 0.2) is 5.69 Å². The van der Waals surface area contributed by atoms with Crippen molar-refractivity contribution in [1.29, 1.82) is 0 Å². The van der Waals surface area contributed by atoms with E-state index in [4.69, 9.17) is 0 Å². The number of carbonyl (C=O) groups excluding carboxylic acids is 1. The van der Waals surface area contributed by atoms with Crippen molar-refractivity contribution in [2.45, 2.75) is 19.8 Å². The minimum atomic E-state index is -0.261. The summed E-state index contributed by atoms with van der Waals surface area (Å²) in [5.74, 6) is 0.561. The average Bonchev–Trinajstić information content (AvgIpc) is 3.03. The van der Waals surface area contributed by atoms with Gasteiger partial charge in [-0.15, -0.1) is 0 Å². The lowest BCUT2D eigenvalue weighted by atomic mass is 9.99. The maximum absolute atomic E-state index is 11.9. The fourth-order valence-corrected chi connectivity index (χ4v) is 2.53. The zero-order valence-corrected chi connectivity index (χ0v) is 12.0. The lowest BCUT2D eigenvalue weighted by Gasteiger charge is -2.32. The molecule has 0 unspecified atom stereocenters. The molecule has 0 saturated carbocycles. The monoisotopic (exact) mass is 285 g/mol. The van der Waals surface area contributed by atoms with Crippen LogP contribution in [0, 0.1) is 5.92 Å². The number of nitrogens with one attached hydrogen (secondary N) is 2. The van der Waals surface area contributed by atoms with Gasteiger partial charge in [-0.25, -0.2) is 0 Å². The number of benzene rings is 1. The van der Waals surface area contributed by atoms with Crippen LogP contribution < -0.4 is 10.2 Å². The van der Waals surface area contributed by atoms with Crippen LogP contribution in [0.25, 0.3) is 0 Å². The van der Waals surface area contributed by atoms with Crippen LogP contribution in [-0.4, -0.2) is 34.4 Å². The number of rotatable bonds is 3. The van der Waals surface area contributed by atoms with E-state index in [1.807, 2.05) is 24.3 Å². The highest BCUT2D eigenvalue weighted by molar-refractivity contribution is 6.02. The quantitative estimate of drug-likeness (QED) is 0.907. The van der Waals surface area contributed by atoms with E-state index < -0.39 is 0 Å². The van der Waals surface area contributed by atoms with Crippen molar-refractivity contribution >= 4 is 17.3 Å². The van der Waals surface area contributed by atoms with E-state index in [2.05, 4.69) is 32.6 Å². The Balaban J connectivity index is 1.63. The van der Waals surface area contributed by atoms with Crippen LogP contribution in [0.4, 0.5) is 11.4 Å². The van der Waals surface area contributed by atoms with Crippen molar-refractivity contribution in [2.24, 2.45) is 5.92 Å². The molecule has 1 saturated heterocycles. The minimum absolute atomic E-state index is 0.261. The van der Waals surface area contributed by atoms with Crippen molar-refractivity contribution in [3.05, 3.63) is 36.2 Å². The highest BCUT2D eigenvalue weighted by Crippen LogP contribution is 2.24. The van der Waals surface area contributed by atoms with Crippen LogP contribution in [0.1, 0.15) is 30.3 Å². The first kappa shape index (κ1) is 13.6. The molecule has 1 fully saturated rings. The third-order valence-corrected chi connectivity index (χ3v) is 3.92. The lowest BCUT2D eigenvalue weighted by molar-refractivity contribution is 0.102. The number of nitrogens with zero attached hydrogens (tertiary/aromatic N) is 3. The number of aromatic amines is 1. The summed E-state index contributed by atoms with van der Waals surface area (Å²) >= 11 is 0. The largest absolute Gasteiger partial charge is 0.372 e. The van der Waals surface area contributed by atoms with Crippen molar-refractivity contribution in [3.63, 3.8) is 0 Å². The summed E-state index contributed by atoms with van der Waals surface area (Å²) < 4.78 is 0. The molecule has 1 aliphatic heterocycles. The van der Waals surface area contributed by atoms with Crippen LogP contribution in [0.3, 0.4) is 0 Å². The highest BCUT2D eigenvalue weighted by Gasteiger charge is 2.16. The molecule has 6 heteroatoms. The molecule has 1 aromatic heterocycles. The second kappa shape index (κ2) is 5.95. The van der Waals surface area contributed by atoms with Gasteiger partial charge in [-0.1, -0.05) is 6.92 Å². The predicted molar refractivity (Wildman–Crippen MR) is 81.4 cm³/mol. The summed E-state index contributed by atoms with van der Waals surface area (Å²) in [7, 11) is 0. The molecule has 6 nitrogen and oxygen atoms in total. The first-order valence-corrected chi connectivity index (χ1v) is 7.24. The van der Waals surface area contributed by atoms with Crippen LogP contribution in [0.5, 0.6) is 0 Å². The number of hydrogen-bond acceptors (Lipinski definition) is 4. The summed E-state index contributed by atoms with van der Waals surface area (Å²) in [5, 5.41) is 12.6. The number of aromatic nitrogens is 3. The number of H-pyrrole nitrogens is 1. The summed E-state index contributed by atoms with van der Waals surface area (Å²) in [5.41, 5.74) is 2.25. The second-order valence-electron chi connectivity index (χ2n) is 5.53. The van der Waals surface area contributed by atoms with Gasteiger partial charge in [0.25, 0.3) is 5.91 Å². The number of anilines is 2. The SMILES string of the molecule is CC1CCN(c2ccc(NC(=O)c3cn[nH]n3)cc2)CC1. The Morgan fingerprint density at radius 2 is 2.00 bits per heavy atom. The van der Waals surface area contributed by atoms with Crippen LogP contribution in [-0.2, 0) is 0 Å². The van der Waals surface area contributed by atoms with Gasteiger partial charge in [-0.3, -0.25) is 4.79 Å². The third-order valence-electron chi connectivity index (χ3n) is 3.92.